The van der Waals surface area contributed by atoms with Crippen molar-refractivity contribution >= 4 is 59.2 Å². The van der Waals surface area contributed by atoms with Crippen LogP contribution >= 0.6 is 21.4 Å². The largest absolute Gasteiger partial charge is 0.327 e. The second-order valence-electron chi connectivity index (χ2n) is 11.9. The van der Waals surface area contributed by atoms with Crippen LogP contribution in [0.3, 0.4) is 0 Å². The predicted octanol–water partition coefficient (Wildman–Crippen LogP) is 7.16. The molecular formula is C41H38NO4P3. The molecule has 5 nitrogen and oxygen atoms in total. The van der Waals surface area contributed by atoms with Gasteiger partial charge in [0, 0.05) is 44.4 Å². The van der Waals surface area contributed by atoms with E-state index in [0.29, 0.717) is 31.8 Å². The van der Waals surface area contributed by atoms with E-state index >= 15 is 9.13 Å². The van der Waals surface area contributed by atoms with Crippen molar-refractivity contribution in [3.8, 4) is 0 Å². The quantitative estimate of drug-likeness (QED) is 0.120. The van der Waals surface area contributed by atoms with E-state index in [-0.39, 0.29) is 31.1 Å². The molecule has 0 aliphatic rings. The second kappa shape index (κ2) is 15.4. The fourth-order valence-corrected chi connectivity index (χ4v) is 14.3. The van der Waals surface area contributed by atoms with Gasteiger partial charge in [-0.15, -0.1) is 0 Å². The third kappa shape index (κ3) is 7.56. The molecule has 0 heterocycles. The number of nitrogens with zero attached hydrogens (tertiary/aromatic N) is 1. The number of hydrogen-bond donors (Lipinski definition) is 0. The maximum atomic E-state index is 15.4. The molecule has 0 saturated carbocycles. The van der Waals surface area contributed by atoms with E-state index in [4.69, 9.17) is 0 Å². The monoisotopic (exact) mass is 701 g/mol. The molecule has 1 amide bonds. The van der Waals surface area contributed by atoms with Crippen molar-refractivity contribution in [3.63, 3.8) is 0 Å². The molecule has 0 bridgehead atoms. The Kier molecular flexibility index (Phi) is 10.8. The van der Waals surface area contributed by atoms with E-state index < -0.39 is 21.4 Å². The van der Waals surface area contributed by atoms with Crippen molar-refractivity contribution in [2.45, 2.75) is 6.42 Å². The lowest BCUT2D eigenvalue weighted by Crippen LogP contribution is -2.39. The first kappa shape index (κ1) is 34.3. The van der Waals surface area contributed by atoms with Crippen LogP contribution in [-0.4, -0.2) is 29.5 Å². The van der Waals surface area contributed by atoms with Crippen molar-refractivity contribution in [1.82, 2.24) is 4.90 Å². The van der Waals surface area contributed by atoms with Crippen molar-refractivity contribution < 1.29 is 18.5 Å². The normalized spacial score (nSPS) is 11.9. The predicted molar refractivity (Wildman–Crippen MR) is 205 cm³/mol. The van der Waals surface area contributed by atoms with Crippen LogP contribution in [-0.2, 0) is 18.5 Å². The smallest absolute Gasteiger partial charge is 0.223 e. The number of benzene rings is 6. The molecule has 0 aromatic heterocycles. The van der Waals surface area contributed by atoms with E-state index in [1.165, 1.54) is 4.90 Å². The van der Waals surface area contributed by atoms with Gasteiger partial charge in [-0.2, -0.15) is 0 Å². The Morgan fingerprint density at radius 1 is 0.367 bits per heavy atom. The summed E-state index contributed by atoms with van der Waals surface area (Å²) in [6, 6.07) is 55.3. The molecule has 0 unspecified atom stereocenters. The molecule has 0 fully saturated rings. The molecule has 0 spiro atoms. The van der Waals surface area contributed by atoms with Crippen LogP contribution in [0.2, 0.25) is 0 Å². The molecule has 6 aromatic rings. The Bertz CT molecular complexity index is 1880. The molecule has 49 heavy (non-hydrogen) atoms. The molecule has 0 aliphatic heterocycles. The van der Waals surface area contributed by atoms with Crippen LogP contribution in [0.25, 0.3) is 0 Å². The maximum absolute atomic E-state index is 15.4. The van der Waals surface area contributed by atoms with Crippen LogP contribution in [0.1, 0.15) is 6.42 Å². The van der Waals surface area contributed by atoms with Gasteiger partial charge in [-0.25, -0.2) is 0 Å². The summed E-state index contributed by atoms with van der Waals surface area (Å²) in [5, 5.41) is 3.75. The van der Waals surface area contributed by atoms with Gasteiger partial charge in [0.2, 0.25) is 5.91 Å². The van der Waals surface area contributed by atoms with Gasteiger partial charge < -0.3 is 18.6 Å². The molecule has 0 saturated heterocycles. The minimum absolute atomic E-state index is 0.0678. The Hall–Kier alpha value is -4.52. The van der Waals surface area contributed by atoms with Gasteiger partial charge in [0.15, 0.2) is 14.3 Å². The lowest BCUT2D eigenvalue weighted by molar-refractivity contribution is -0.129. The first-order chi connectivity index (χ1) is 23.8. The number of carbonyl (C=O) groups is 1. The van der Waals surface area contributed by atoms with E-state index in [9.17, 15) is 9.36 Å². The fourth-order valence-electron chi connectivity index (χ4n) is 6.14. The number of amides is 1. The minimum atomic E-state index is -3.47. The van der Waals surface area contributed by atoms with Crippen LogP contribution < -0.4 is 31.8 Å². The lowest BCUT2D eigenvalue weighted by Gasteiger charge is -2.32. The van der Waals surface area contributed by atoms with Gasteiger partial charge in [0.05, 0.1) is 12.6 Å². The zero-order valence-corrected chi connectivity index (χ0v) is 29.8. The van der Waals surface area contributed by atoms with E-state index in [0.717, 1.165) is 0 Å². The standard InChI is InChI=1S/C41H38NO4P3/c43-41(31-32-47(44,35-19-7-1-8-20-35)36-21-9-2-10-22-36)42(33-48(45,37-23-11-3-12-24-37)38-25-13-4-14-26-38)34-49(46,39-27-15-5-16-28-39)40-29-17-6-18-30-40/h1-30H,31-34H2. The fraction of sp³-hybridized carbons (Fsp3) is 0.0976. The Balaban J connectivity index is 1.45. The molecule has 0 radical (unpaired) electrons. The molecule has 6 aromatic carbocycles. The molecule has 0 N–H and O–H groups in total. The molecule has 246 valence electrons. The molecule has 8 heteroatoms. The maximum Gasteiger partial charge on any atom is 0.223 e. The molecule has 0 aliphatic carbocycles. The average molecular weight is 702 g/mol. The van der Waals surface area contributed by atoms with Crippen molar-refractivity contribution in [2.75, 3.05) is 18.7 Å². The number of hydrogen-bond acceptors (Lipinski definition) is 4. The summed E-state index contributed by atoms with van der Waals surface area (Å²) in [4.78, 5) is 16.2. The lowest BCUT2D eigenvalue weighted by atomic mass is 10.4. The first-order valence-corrected chi connectivity index (χ1v) is 21.9. The summed E-state index contributed by atoms with van der Waals surface area (Å²) in [6.45, 7) is 0. The van der Waals surface area contributed by atoms with E-state index in [1.807, 2.05) is 182 Å². The van der Waals surface area contributed by atoms with Crippen LogP contribution in [0.5, 0.6) is 0 Å². The SMILES string of the molecule is O=C(CCP(=O)(c1ccccc1)c1ccccc1)N(CP(=O)(c1ccccc1)c1ccccc1)CP(=O)(c1ccccc1)c1ccccc1. The summed E-state index contributed by atoms with van der Waals surface area (Å²) in [5.74, 6) is -0.355. The van der Waals surface area contributed by atoms with Gasteiger partial charge >= 0.3 is 0 Å². The molecular weight excluding hydrogens is 663 g/mol. The van der Waals surface area contributed by atoms with Crippen LogP contribution in [0.15, 0.2) is 182 Å². The summed E-state index contributed by atoms with van der Waals surface area (Å²) < 4.78 is 45.7. The summed E-state index contributed by atoms with van der Waals surface area (Å²) >= 11 is 0. The van der Waals surface area contributed by atoms with Gasteiger partial charge in [-0.1, -0.05) is 182 Å². The van der Waals surface area contributed by atoms with Crippen molar-refractivity contribution in [2.24, 2.45) is 0 Å². The van der Waals surface area contributed by atoms with Crippen LogP contribution in [0, 0.1) is 0 Å². The Morgan fingerprint density at radius 3 is 0.837 bits per heavy atom. The third-order valence-electron chi connectivity index (χ3n) is 8.77. The third-order valence-corrected chi connectivity index (χ3v) is 17.9. The zero-order chi connectivity index (χ0) is 34.2. The highest BCUT2D eigenvalue weighted by molar-refractivity contribution is 7.80. The van der Waals surface area contributed by atoms with E-state index in [2.05, 4.69) is 0 Å². The van der Waals surface area contributed by atoms with E-state index in [1.54, 1.807) is 0 Å². The summed E-state index contributed by atoms with van der Waals surface area (Å²) in [5.41, 5.74) is 0. The zero-order valence-electron chi connectivity index (χ0n) is 27.1. The van der Waals surface area contributed by atoms with Gasteiger partial charge in [-0.3, -0.25) is 4.79 Å². The molecule has 6 rings (SSSR count). The number of carbonyl (C=O) groups excluding carboxylic acids is 1. The van der Waals surface area contributed by atoms with Crippen molar-refractivity contribution in [1.29, 1.82) is 0 Å². The first-order valence-electron chi connectivity index (χ1n) is 16.2. The van der Waals surface area contributed by atoms with Crippen LogP contribution in [0.4, 0.5) is 0 Å². The highest BCUT2D eigenvalue weighted by Crippen LogP contribution is 2.50. The highest BCUT2D eigenvalue weighted by Gasteiger charge is 2.38. The van der Waals surface area contributed by atoms with Gasteiger partial charge in [0.1, 0.15) is 7.14 Å². The van der Waals surface area contributed by atoms with Gasteiger partial charge in [0.25, 0.3) is 0 Å². The second-order valence-corrected chi connectivity index (χ2v) is 20.5. The highest BCUT2D eigenvalue weighted by atomic mass is 31.2. The van der Waals surface area contributed by atoms with Gasteiger partial charge in [-0.05, 0) is 0 Å². The Labute approximate surface area is 288 Å². The minimum Gasteiger partial charge on any atom is -0.327 e. The number of rotatable bonds is 13. The Morgan fingerprint density at radius 2 is 0.592 bits per heavy atom. The average Bonchev–Trinajstić information content (AvgIpc) is 3.18. The topological polar surface area (TPSA) is 71.5 Å². The summed E-state index contributed by atoms with van der Waals surface area (Å²) in [7, 11) is -10.2. The molecule has 0 atom stereocenters. The summed E-state index contributed by atoms with van der Waals surface area (Å²) in [6.07, 6.45) is -0.346. The van der Waals surface area contributed by atoms with Crippen molar-refractivity contribution in [3.05, 3.63) is 182 Å².